The molecule has 0 amide bonds. The summed E-state index contributed by atoms with van der Waals surface area (Å²) in [5.41, 5.74) is 3.58. The normalized spacial score (nSPS) is 13.3. The van der Waals surface area contributed by atoms with Crippen LogP contribution in [-0.2, 0) is 6.18 Å². The Kier molecular flexibility index (Phi) is 4.23. The van der Waals surface area contributed by atoms with Crippen molar-refractivity contribution in [3.8, 4) is 0 Å². The highest BCUT2D eigenvalue weighted by Crippen LogP contribution is 2.34. The fraction of sp³-hybridized carbons (Fsp3) is 0.250. The van der Waals surface area contributed by atoms with Crippen molar-refractivity contribution >= 4 is 15.9 Å². The first kappa shape index (κ1) is 15.1. The Morgan fingerprint density at radius 1 is 0.850 bits per heavy atom. The van der Waals surface area contributed by atoms with E-state index in [0.717, 1.165) is 23.3 Å². The third kappa shape index (κ3) is 3.23. The molecule has 0 bridgehead atoms. The van der Waals surface area contributed by atoms with E-state index in [4.69, 9.17) is 0 Å². The number of alkyl halides is 4. The van der Waals surface area contributed by atoms with Crippen molar-refractivity contribution in [1.82, 2.24) is 0 Å². The van der Waals surface area contributed by atoms with E-state index in [1.165, 1.54) is 23.3 Å². The first-order valence-electron chi connectivity index (χ1n) is 6.17. The molecule has 4 heteroatoms. The molecular formula is C16H14BrF3. The van der Waals surface area contributed by atoms with Crippen LogP contribution in [-0.4, -0.2) is 0 Å². The van der Waals surface area contributed by atoms with Gasteiger partial charge in [-0.15, -0.1) is 0 Å². The van der Waals surface area contributed by atoms with Crippen LogP contribution < -0.4 is 0 Å². The van der Waals surface area contributed by atoms with Gasteiger partial charge in [0.2, 0.25) is 0 Å². The topological polar surface area (TPSA) is 0 Å². The van der Waals surface area contributed by atoms with Crippen LogP contribution in [0.1, 0.15) is 32.6 Å². The summed E-state index contributed by atoms with van der Waals surface area (Å²) in [6.45, 7) is 4.05. The maximum atomic E-state index is 12.5. The molecule has 0 fully saturated rings. The number of rotatable bonds is 2. The first-order chi connectivity index (χ1) is 9.29. The zero-order valence-electron chi connectivity index (χ0n) is 11.1. The lowest BCUT2D eigenvalue weighted by atomic mass is 9.99. The van der Waals surface area contributed by atoms with E-state index in [0.29, 0.717) is 0 Å². The minimum atomic E-state index is -4.29. The van der Waals surface area contributed by atoms with Gasteiger partial charge in [0.1, 0.15) is 0 Å². The molecule has 1 unspecified atom stereocenters. The molecule has 0 aliphatic rings. The molecule has 2 aromatic carbocycles. The molecule has 0 nitrogen and oxygen atoms in total. The molecular weight excluding hydrogens is 329 g/mol. The van der Waals surface area contributed by atoms with Crippen LogP contribution in [0.5, 0.6) is 0 Å². The maximum Gasteiger partial charge on any atom is 0.416 e. The van der Waals surface area contributed by atoms with E-state index in [-0.39, 0.29) is 4.83 Å². The summed E-state index contributed by atoms with van der Waals surface area (Å²) in [7, 11) is 0. The molecule has 0 aliphatic heterocycles. The van der Waals surface area contributed by atoms with Crippen molar-refractivity contribution in [2.24, 2.45) is 0 Å². The van der Waals surface area contributed by atoms with Gasteiger partial charge >= 0.3 is 6.18 Å². The SMILES string of the molecule is Cc1ccc(C(Br)c2ccc(C(F)(F)F)cc2)cc1C. The zero-order valence-corrected chi connectivity index (χ0v) is 12.7. The summed E-state index contributed by atoms with van der Waals surface area (Å²) in [5.74, 6) is 0. The van der Waals surface area contributed by atoms with Crippen LogP contribution in [0.15, 0.2) is 42.5 Å². The fourth-order valence-electron chi connectivity index (χ4n) is 1.96. The van der Waals surface area contributed by atoms with Crippen molar-refractivity contribution in [3.63, 3.8) is 0 Å². The summed E-state index contributed by atoms with van der Waals surface area (Å²) < 4.78 is 37.6. The Bertz CT molecular complexity index is 600. The summed E-state index contributed by atoms with van der Waals surface area (Å²) >= 11 is 3.55. The second-order valence-corrected chi connectivity index (χ2v) is 5.74. The summed E-state index contributed by atoms with van der Waals surface area (Å²) in [6.07, 6.45) is -4.29. The Morgan fingerprint density at radius 2 is 1.40 bits per heavy atom. The molecule has 0 spiro atoms. The van der Waals surface area contributed by atoms with Gasteiger partial charge in [-0.3, -0.25) is 0 Å². The molecule has 0 heterocycles. The minimum Gasteiger partial charge on any atom is -0.166 e. The number of hydrogen-bond acceptors (Lipinski definition) is 0. The molecule has 2 aromatic rings. The Morgan fingerprint density at radius 3 is 1.90 bits per heavy atom. The summed E-state index contributed by atoms with van der Waals surface area (Å²) in [6, 6.07) is 11.3. The number of benzene rings is 2. The van der Waals surface area contributed by atoms with E-state index >= 15 is 0 Å². The molecule has 20 heavy (non-hydrogen) atoms. The maximum absolute atomic E-state index is 12.5. The van der Waals surface area contributed by atoms with Crippen molar-refractivity contribution in [2.75, 3.05) is 0 Å². The molecule has 0 radical (unpaired) electrons. The third-order valence-electron chi connectivity index (χ3n) is 3.35. The molecule has 0 aliphatic carbocycles. The van der Waals surface area contributed by atoms with Crippen LogP contribution in [0.25, 0.3) is 0 Å². The second-order valence-electron chi connectivity index (χ2n) is 4.83. The van der Waals surface area contributed by atoms with Crippen LogP contribution in [0.4, 0.5) is 13.2 Å². The average molecular weight is 343 g/mol. The van der Waals surface area contributed by atoms with Gasteiger partial charge in [0.15, 0.2) is 0 Å². The van der Waals surface area contributed by atoms with E-state index in [2.05, 4.69) is 15.9 Å². The Balaban J connectivity index is 2.29. The molecule has 2 rings (SSSR count). The van der Waals surface area contributed by atoms with E-state index in [9.17, 15) is 13.2 Å². The van der Waals surface area contributed by atoms with Gasteiger partial charge in [-0.05, 0) is 48.2 Å². The average Bonchev–Trinajstić information content (AvgIpc) is 2.40. The van der Waals surface area contributed by atoms with Gasteiger partial charge in [0.25, 0.3) is 0 Å². The van der Waals surface area contributed by atoms with Gasteiger partial charge in [-0.1, -0.05) is 46.3 Å². The van der Waals surface area contributed by atoms with Crippen molar-refractivity contribution < 1.29 is 13.2 Å². The van der Waals surface area contributed by atoms with Gasteiger partial charge in [-0.2, -0.15) is 13.2 Å². The highest BCUT2D eigenvalue weighted by atomic mass is 79.9. The van der Waals surface area contributed by atoms with E-state index in [1.54, 1.807) is 0 Å². The highest BCUT2D eigenvalue weighted by Gasteiger charge is 2.30. The van der Waals surface area contributed by atoms with Crippen molar-refractivity contribution in [1.29, 1.82) is 0 Å². The van der Waals surface area contributed by atoms with Crippen molar-refractivity contribution in [2.45, 2.75) is 24.9 Å². The van der Waals surface area contributed by atoms with Crippen LogP contribution in [0.2, 0.25) is 0 Å². The molecule has 0 aromatic heterocycles. The zero-order chi connectivity index (χ0) is 14.9. The highest BCUT2D eigenvalue weighted by molar-refractivity contribution is 9.09. The van der Waals surface area contributed by atoms with Gasteiger partial charge in [-0.25, -0.2) is 0 Å². The van der Waals surface area contributed by atoms with E-state index < -0.39 is 11.7 Å². The smallest absolute Gasteiger partial charge is 0.166 e. The van der Waals surface area contributed by atoms with Crippen LogP contribution >= 0.6 is 15.9 Å². The molecule has 0 saturated heterocycles. The third-order valence-corrected chi connectivity index (χ3v) is 4.41. The molecule has 106 valence electrons. The minimum absolute atomic E-state index is 0.107. The fourth-order valence-corrected chi connectivity index (χ4v) is 2.55. The summed E-state index contributed by atoms with van der Waals surface area (Å²) in [5, 5.41) is 0. The van der Waals surface area contributed by atoms with Gasteiger partial charge in [0.05, 0.1) is 10.4 Å². The Hall–Kier alpha value is -1.29. The molecule has 0 saturated carbocycles. The first-order valence-corrected chi connectivity index (χ1v) is 7.09. The summed E-state index contributed by atoms with van der Waals surface area (Å²) in [4.78, 5) is -0.107. The Labute approximate surface area is 124 Å². The lowest BCUT2D eigenvalue weighted by Crippen LogP contribution is -2.05. The van der Waals surface area contributed by atoms with Crippen LogP contribution in [0, 0.1) is 13.8 Å². The quantitative estimate of drug-likeness (QED) is 0.604. The van der Waals surface area contributed by atoms with E-state index in [1.807, 2.05) is 32.0 Å². The lowest BCUT2D eigenvalue weighted by molar-refractivity contribution is -0.137. The monoisotopic (exact) mass is 342 g/mol. The standard InChI is InChI=1S/C16H14BrF3/c1-10-3-4-13(9-11(10)2)15(17)12-5-7-14(8-6-12)16(18,19)20/h3-9,15H,1-2H3. The second kappa shape index (κ2) is 5.60. The van der Waals surface area contributed by atoms with Crippen LogP contribution in [0.3, 0.4) is 0 Å². The molecule has 1 atom stereocenters. The van der Waals surface area contributed by atoms with Gasteiger partial charge < -0.3 is 0 Å². The largest absolute Gasteiger partial charge is 0.416 e. The lowest BCUT2D eigenvalue weighted by Gasteiger charge is -2.14. The predicted octanol–water partition coefficient (Wildman–Crippen LogP) is 5.81. The number of halogens is 4. The van der Waals surface area contributed by atoms with Gasteiger partial charge in [0, 0.05) is 0 Å². The molecule has 0 N–H and O–H groups in total. The predicted molar refractivity (Wildman–Crippen MR) is 78.1 cm³/mol. The van der Waals surface area contributed by atoms with Crippen molar-refractivity contribution in [3.05, 3.63) is 70.3 Å². The number of hydrogen-bond donors (Lipinski definition) is 0. The number of aryl methyl sites for hydroxylation is 2.